The van der Waals surface area contributed by atoms with E-state index in [-0.39, 0.29) is 28.4 Å². The van der Waals surface area contributed by atoms with Gasteiger partial charge in [0.25, 0.3) is 0 Å². The van der Waals surface area contributed by atoms with Crippen molar-refractivity contribution in [1.82, 2.24) is 0 Å². The van der Waals surface area contributed by atoms with Crippen LogP contribution in [0.1, 0.15) is 54.7 Å². The zero-order valence-electron chi connectivity index (χ0n) is 16.4. The first-order chi connectivity index (χ1) is 13.1. The third-order valence-corrected chi connectivity index (χ3v) is 4.62. The Morgan fingerprint density at radius 1 is 1.07 bits per heavy atom. The first kappa shape index (κ1) is 19.5. The largest absolute Gasteiger partial charge is 0.508 e. The normalized spacial score (nSPS) is 14.1. The Labute approximate surface area is 164 Å². The van der Waals surface area contributed by atoms with E-state index in [0.717, 1.165) is 5.57 Å². The van der Waals surface area contributed by atoms with E-state index in [1.807, 2.05) is 33.8 Å². The Morgan fingerprint density at radius 3 is 2.32 bits per heavy atom. The van der Waals surface area contributed by atoms with Gasteiger partial charge in [0, 0.05) is 11.1 Å². The highest BCUT2D eigenvalue weighted by Crippen LogP contribution is 2.47. The van der Waals surface area contributed by atoms with Gasteiger partial charge in [-0.05, 0) is 70.5 Å². The minimum Gasteiger partial charge on any atom is -0.508 e. The lowest BCUT2D eigenvalue weighted by Crippen LogP contribution is -2.28. The third-order valence-electron chi connectivity index (χ3n) is 4.62. The maximum Gasteiger partial charge on any atom is 0.200 e. The van der Waals surface area contributed by atoms with Gasteiger partial charge in [0.05, 0.1) is 5.56 Å². The maximum absolute atomic E-state index is 13.0. The molecule has 1 heterocycles. The van der Waals surface area contributed by atoms with Crippen LogP contribution in [-0.2, 0) is 6.42 Å². The molecule has 0 saturated carbocycles. The molecular formula is C23H24O5. The predicted molar refractivity (Wildman–Crippen MR) is 108 cm³/mol. The Morgan fingerprint density at radius 2 is 1.71 bits per heavy atom. The molecule has 3 rings (SSSR count). The molecule has 1 aliphatic rings. The second-order valence-corrected chi connectivity index (χ2v) is 7.69. The summed E-state index contributed by atoms with van der Waals surface area (Å²) in [6.45, 7) is 7.63. The number of aromatic hydroxyl groups is 3. The summed E-state index contributed by atoms with van der Waals surface area (Å²) in [7, 11) is 0. The topological polar surface area (TPSA) is 87.0 Å². The molecule has 3 N–H and O–H groups in total. The first-order valence-electron chi connectivity index (χ1n) is 9.07. The number of carbonyl (C=O) groups excluding carboxylic acids is 1. The van der Waals surface area contributed by atoms with Crippen molar-refractivity contribution in [3.05, 3.63) is 64.2 Å². The number of rotatable bonds is 4. The highest BCUT2D eigenvalue weighted by Gasteiger charge is 2.32. The van der Waals surface area contributed by atoms with Crippen LogP contribution in [0.3, 0.4) is 0 Å². The van der Waals surface area contributed by atoms with Crippen molar-refractivity contribution in [1.29, 1.82) is 0 Å². The van der Waals surface area contributed by atoms with Gasteiger partial charge in [0.1, 0.15) is 34.2 Å². The van der Waals surface area contributed by atoms with Gasteiger partial charge >= 0.3 is 0 Å². The molecule has 1 aliphatic heterocycles. The molecule has 0 bridgehead atoms. The van der Waals surface area contributed by atoms with Crippen LogP contribution < -0.4 is 4.74 Å². The van der Waals surface area contributed by atoms with Crippen LogP contribution in [-0.4, -0.2) is 26.7 Å². The molecule has 2 aromatic rings. The molecule has 0 saturated heterocycles. The lowest BCUT2D eigenvalue weighted by Gasteiger charge is -2.31. The molecule has 0 amide bonds. The van der Waals surface area contributed by atoms with Crippen LogP contribution in [0.5, 0.6) is 23.0 Å². The summed E-state index contributed by atoms with van der Waals surface area (Å²) >= 11 is 0. The van der Waals surface area contributed by atoms with E-state index in [1.165, 1.54) is 24.3 Å². The Kier molecular flexibility index (Phi) is 4.94. The van der Waals surface area contributed by atoms with Crippen LogP contribution in [0.2, 0.25) is 0 Å². The standard InChI is InChI=1S/C23H24O5/c1-13(2)5-10-16-20(26)18(19(25)14-6-8-15(24)9-7-14)21(27)17-11-12-23(3,4)28-22(16)17/h5-9,11-12,24,26-27H,10H2,1-4H3. The molecular weight excluding hydrogens is 356 g/mol. The molecule has 0 aromatic heterocycles. The zero-order valence-corrected chi connectivity index (χ0v) is 16.4. The monoisotopic (exact) mass is 380 g/mol. The molecule has 0 fully saturated rings. The molecule has 146 valence electrons. The van der Waals surface area contributed by atoms with Crippen molar-refractivity contribution in [2.75, 3.05) is 0 Å². The van der Waals surface area contributed by atoms with E-state index in [4.69, 9.17) is 4.74 Å². The average Bonchev–Trinajstić information content (AvgIpc) is 2.61. The van der Waals surface area contributed by atoms with Crippen LogP contribution in [0.4, 0.5) is 0 Å². The number of phenolic OH excluding ortho intramolecular Hbond substituents is 3. The second-order valence-electron chi connectivity index (χ2n) is 7.69. The number of hydrogen-bond donors (Lipinski definition) is 3. The molecule has 2 aromatic carbocycles. The van der Waals surface area contributed by atoms with Crippen molar-refractivity contribution in [3.8, 4) is 23.0 Å². The number of hydrogen-bond acceptors (Lipinski definition) is 5. The van der Waals surface area contributed by atoms with E-state index in [1.54, 1.807) is 12.2 Å². The quantitative estimate of drug-likeness (QED) is 0.527. The number of fused-ring (bicyclic) bond motifs is 1. The molecule has 5 heteroatoms. The van der Waals surface area contributed by atoms with Gasteiger partial charge in [-0.2, -0.15) is 0 Å². The lowest BCUT2D eigenvalue weighted by molar-refractivity contribution is 0.103. The van der Waals surface area contributed by atoms with Gasteiger partial charge in [-0.15, -0.1) is 0 Å². The number of phenols is 3. The number of allylic oxidation sites excluding steroid dienone is 2. The number of carbonyl (C=O) groups is 1. The highest BCUT2D eigenvalue weighted by molar-refractivity contribution is 6.13. The van der Waals surface area contributed by atoms with Crippen LogP contribution in [0.25, 0.3) is 6.08 Å². The van der Waals surface area contributed by atoms with Crippen LogP contribution in [0, 0.1) is 0 Å². The molecule has 0 spiro atoms. The average molecular weight is 380 g/mol. The third kappa shape index (κ3) is 3.60. The van der Waals surface area contributed by atoms with Gasteiger partial charge in [-0.3, -0.25) is 4.79 Å². The van der Waals surface area contributed by atoms with Crippen molar-refractivity contribution < 1.29 is 24.9 Å². The fourth-order valence-electron chi connectivity index (χ4n) is 3.10. The van der Waals surface area contributed by atoms with E-state index < -0.39 is 11.4 Å². The number of ketones is 1. The summed E-state index contributed by atoms with van der Waals surface area (Å²) < 4.78 is 6.02. The number of benzene rings is 2. The predicted octanol–water partition coefficient (Wildman–Crippen LogP) is 4.73. The first-order valence-corrected chi connectivity index (χ1v) is 9.07. The summed E-state index contributed by atoms with van der Waals surface area (Å²) in [5, 5.41) is 31.2. The van der Waals surface area contributed by atoms with Gasteiger partial charge in [-0.1, -0.05) is 11.6 Å². The van der Waals surface area contributed by atoms with Gasteiger partial charge < -0.3 is 20.1 Å². The van der Waals surface area contributed by atoms with Crippen LogP contribution in [0.15, 0.2) is 42.0 Å². The molecule has 5 nitrogen and oxygen atoms in total. The molecule has 0 unspecified atom stereocenters. The molecule has 0 radical (unpaired) electrons. The van der Waals surface area contributed by atoms with Gasteiger partial charge in [0.2, 0.25) is 5.78 Å². The van der Waals surface area contributed by atoms with E-state index >= 15 is 0 Å². The van der Waals surface area contributed by atoms with Crippen molar-refractivity contribution >= 4 is 11.9 Å². The smallest absolute Gasteiger partial charge is 0.200 e. The minimum absolute atomic E-state index is 0.0262. The van der Waals surface area contributed by atoms with Crippen molar-refractivity contribution in [2.45, 2.75) is 39.7 Å². The number of ether oxygens (including phenoxy) is 1. The SMILES string of the molecule is CC(C)=CCc1c(O)c(C(=O)c2ccc(O)cc2)c(O)c2c1OC(C)(C)C=C2. The summed E-state index contributed by atoms with van der Waals surface area (Å²) in [5.41, 5.74) is 1.35. The Hall–Kier alpha value is -3.21. The fourth-order valence-corrected chi connectivity index (χ4v) is 3.10. The van der Waals surface area contributed by atoms with Crippen LogP contribution >= 0.6 is 0 Å². The van der Waals surface area contributed by atoms with E-state index in [0.29, 0.717) is 23.3 Å². The summed E-state index contributed by atoms with van der Waals surface area (Å²) in [5.74, 6) is -0.744. The fraction of sp³-hybridized carbons (Fsp3) is 0.261. The zero-order chi connectivity index (χ0) is 20.6. The van der Waals surface area contributed by atoms with Crippen molar-refractivity contribution in [2.24, 2.45) is 0 Å². The molecule has 28 heavy (non-hydrogen) atoms. The maximum atomic E-state index is 13.0. The molecule has 0 atom stereocenters. The Bertz CT molecular complexity index is 991. The van der Waals surface area contributed by atoms with E-state index in [2.05, 4.69) is 0 Å². The van der Waals surface area contributed by atoms with E-state index in [9.17, 15) is 20.1 Å². The lowest BCUT2D eigenvalue weighted by atomic mass is 9.90. The van der Waals surface area contributed by atoms with Crippen molar-refractivity contribution in [3.63, 3.8) is 0 Å². The summed E-state index contributed by atoms with van der Waals surface area (Å²) in [6, 6.07) is 5.66. The summed E-state index contributed by atoms with van der Waals surface area (Å²) in [6.07, 6.45) is 5.80. The van der Waals surface area contributed by atoms with Gasteiger partial charge in [-0.25, -0.2) is 0 Å². The molecule has 0 aliphatic carbocycles. The Balaban J connectivity index is 2.24. The van der Waals surface area contributed by atoms with Gasteiger partial charge in [0.15, 0.2) is 0 Å². The minimum atomic E-state index is -0.603. The summed E-state index contributed by atoms with van der Waals surface area (Å²) in [4.78, 5) is 13.0. The second kappa shape index (κ2) is 7.08. The highest BCUT2D eigenvalue weighted by atomic mass is 16.5.